The standard InChI is InChI=1S/C13H10BrClF2N2/c14-7-1-4-11(15)10(5-7)13(19-18)9-3-2-8(16)6-12(9)17/h1-6,13,19H,18H2. The highest BCUT2D eigenvalue weighted by molar-refractivity contribution is 9.10. The van der Waals surface area contributed by atoms with E-state index in [0.717, 1.165) is 10.5 Å². The maximum atomic E-state index is 13.8. The second-order valence-corrected chi connectivity index (χ2v) is 5.25. The summed E-state index contributed by atoms with van der Waals surface area (Å²) in [5, 5.41) is 0.440. The Morgan fingerprint density at radius 2 is 1.84 bits per heavy atom. The van der Waals surface area contributed by atoms with Crippen molar-refractivity contribution in [3.05, 3.63) is 68.7 Å². The van der Waals surface area contributed by atoms with Crippen LogP contribution in [0.1, 0.15) is 17.2 Å². The number of hydrogen-bond donors (Lipinski definition) is 2. The molecule has 0 radical (unpaired) electrons. The topological polar surface area (TPSA) is 38.0 Å². The van der Waals surface area contributed by atoms with Gasteiger partial charge in [-0.1, -0.05) is 33.6 Å². The summed E-state index contributed by atoms with van der Waals surface area (Å²) in [6, 6.07) is 7.83. The molecule has 2 rings (SSSR count). The molecule has 100 valence electrons. The second kappa shape index (κ2) is 5.96. The Balaban J connectivity index is 2.52. The van der Waals surface area contributed by atoms with Gasteiger partial charge in [0.05, 0.1) is 6.04 Å². The summed E-state index contributed by atoms with van der Waals surface area (Å²) >= 11 is 9.41. The smallest absolute Gasteiger partial charge is 0.131 e. The van der Waals surface area contributed by atoms with Crippen LogP contribution in [0, 0.1) is 11.6 Å². The van der Waals surface area contributed by atoms with E-state index in [-0.39, 0.29) is 5.56 Å². The van der Waals surface area contributed by atoms with Gasteiger partial charge in [-0.25, -0.2) is 14.2 Å². The first kappa shape index (κ1) is 14.4. The third-order valence-corrected chi connectivity index (χ3v) is 3.55. The van der Waals surface area contributed by atoms with Gasteiger partial charge in [-0.05, 0) is 29.8 Å². The lowest BCUT2D eigenvalue weighted by Gasteiger charge is -2.19. The zero-order chi connectivity index (χ0) is 14.0. The summed E-state index contributed by atoms with van der Waals surface area (Å²) in [4.78, 5) is 0. The van der Waals surface area contributed by atoms with E-state index in [2.05, 4.69) is 21.4 Å². The van der Waals surface area contributed by atoms with E-state index in [1.54, 1.807) is 18.2 Å². The Morgan fingerprint density at radius 1 is 1.11 bits per heavy atom. The van der Waals surface area contributed by atoms with Crippen LogP contribution < -0.4 is 11.3 Å². The van der Waals surface area contributed by atoms with Crippen molar-refractivity contribution >= 4 is 27.5 Å². The van der Waals surface area contributed by atoms with Gasteiger partial charge in [0, 0.05) is 21.1 Å². The molecule has 0 bridgehead atoms. The lowest BCUT2D eigenvalue weighted by molar-refractivity contribution is 0.541. The minimum absolute atomic E-state index is 0.226. The number of benzene rings is 2. The van der Waals surface area contributed by atoms with E-state index in [1.807, 2.05) is 0 Å². The summed E-state index contributed by atoms with van der Waals surface area (Å²) in [7, 11) is 0. The molecule has 2 aromatic carbocycles. The van der Waals surface area contributed by atoms with Crippen molar-refractivity contribution < 1.29 is 8.78 Å². The predicted octanol–water partition coefficient (Wildman–Crippen LogP) is 3.93. The van der Waals surface area contributed by atoms with Crippen molar-refractivity contribution in [3.8, 4) is 0 Å². The molecule has 0 heterocycles. The maximum absolute atomic E-state index is 13.8. The van der Waals surface area contributed by atoms with Crippen LogP contribution >= 0.6 is 27.5 Å². The summed E-state index contributed by atoms with van der Waals surface area (Å²) in [5.74, 6) is 4.16. The maximum Gasteiger partial charge on any atom is 0.131 e. The Kier molecular flexibility index (Phi) is 4.52. The SMILES string of the molecule is NNC(c1ccc(F)cc1F)c1cc(Br)ccc1Cl. The van der Waals surface area contributed by atoms with Crippen LogP contribution in [-0.2, 0) is 0 Å². The van der Waals surface area contributed by atoms with Crippen LogP contribution in [0.15, 0.2) is 40.9 Å². The molecular formula is C13H10BrClF2N2. The molecule has 0 spiro atoms. The normalized spacial score (nSPS) is 12.5. The molecule has 0 saturated heterocycles. The van der Waals surface area contributed by atoms with Crippen molar-refractivity contribution in [1.82, 2.24) is 5.43 Å². The van der Waals surface area contributed by atoms with E-state index in [1.165, 1.54) is 12.1 Å². The molecule has 0 saturated carbocycles. The molecule has 1 unspecified atom stereocenters. The first-order chi connectivity index (χ1) is 9.02. The highest BCUT2D eigenvalue weighted by Crippen LogP contribution is 2.31. The van der Waals surface area contributed by atoms with E-state index < -0.39 is 17.7 Å². The largest absolute Gasteiger partial charge is 0.271 e. The third kappa shape index (κ3) is 3.12. The number of halogens is 4. The summed E-state index contributed by atoms with van der Waals surface area (Å²) in [5.41, 5.74) is 3.32. The summed E-state index contributed by atoms with van der Waals surface area (Å²) < 4.78 is 27.5. The van der Waals surface area contributed by atoms with Gasteiger partial charge in [0.25, 0.3) is 0 Å². The fourth-order valence-electron chi connectivity index (χ4n) is 1.82. The monoisotopic (exact) mass is 346 g/mol. The van der Waals surface area contributed by atoms with Crippen LogP contribution in [0.25, 0.3) is 0 Å². The first-order valence-corrected chi connectivity index (χ1v) is 6.56. The zero-order valence-corrected chi connectivity index (χ0v) is 12.0. The van der Waals surface area contributed by atoms with Crippen molar-refractivity contribution in [1.29, 1.82) is 0 Å². The molecular weight excluding hydrogens is 338 g/mol. The van der Waals surface area contributed by atoms with Gasteiger partial charge in [0.1, 0.15) is 11.6 Å². The summed E-state index contributed by atoms with van der Waals surface area (Å²) in [6.07, 6.45) is 0. The number of nitrogens with one attached hydrogen (secondary N) is 1. The molecule has 0 aliphatic rings. The van der Waals surface area contributed by atoms with Gasteiger partial charge in [-0.15, -0.1) is 0 Å². The van der Waals surface area contributed by atoms with Crippen LogP contribution in [-0.4, -0.2) is 0 Å². The Morgan fingerprint density at radius 3 is 2.47 bits per heavy atom. The Hall–Kier alpha value is -1.01. The molecule has 0 amide bonds. The minimum Gasteiger partial charge on any atom is -0.271 e. The van der Waals surface area contributed by atoms with E-state index in [0.29, 0.717) is 10.6 Å². The van der Waals surface area contributed by atoms with Crippen LogP contribution in [0.2, 0.25) is 5.02 Å². The molecule has 19 heavy (non-hydrogen) atoms. The molecule has 2 nitrogen and oxygen atoms in total. The fourth-order valence-corrected chi connectivity index (χ4v) is 2.42. The lowest BCUT2D eigenvalue weighted by atomic mass is 9.98. The van der Waals surface area contributed by atoms with Gasteiger partial charge in [-0.3, -0.25) is 5.84 Å². The number of rotatable bonds is 3. The van der Waals surface area contributed by atoms with Crippen molar-refractivity contribution in [2.24, 2.45) is 5.84 Å². The minimum atomic E-state index is -0.681. The van der Waals surface area contributed by atoms with E-state index in [9.17, 15) is 8.78 Å². The number of hydrazine groups is 1. The van der Waals surface area contributed by atoms with Crippen molar-refractivity contribution in [2.45, 2.75) is 6.04 Å². The molecule has 0 aliphatic carbocycles. The van der Waals surface area contributed by atoms with Crippen molar-refractivity contribution in [2.75, 3.05) is 0 Å². The van der Waals surface area contributed by atoms with Crippen LogP contribution in [0.5, 0.6) is 0 Å². The first-order valence-electron chi connectivity index (χ1n) is 5.39. The molecule has 0 aromatic heterocycles. The lowest BCUT2D eigenvalue weighted by Crippen LogP contribution is -2.29. The highest BCUT2D eigenvalue weighted by atomic mass is 79.9. The Bertz CT molecular complexity index is 607. The van der Waals surface area contributed by atoms with Crippen LogP contribution in [0.3, 0.4) is 0 Å². The fraction of sp³-hybridized carbons (Fsp3) is 0.0769. The predicted molar refractivity (Wildman–Crippen MR) is 74.7 cm³/mol. The van der Waals surface area contributed by atoms with Crippen molar-refractivity contribution in [3.63, 3.8) is 0 Å². The molecule has 1 atom stereocenters. The molecule has 6 heteroatoms. The van der Waals surface area contributed by atoms with Gasteiger partial charge in [-0.2, -0.15) is 0 Å². The van der Waals surface area contributed by atoms with E-state index in [4.69, 9.17) is 17.4 Å². The van der Waals surface area contributed by atoms with Gasteiger partial charge in [0.15, 0.2) is 0 Å². The van der Waals surface area contributed by atoms with Gasteiger partial charge < -0.3 is 0 Å². The molecule has 2 aromatic rings. The average Bonchev–Trinajstić information content (AvgIpc) is 2.36. The third-order valence-electron chi connectivity index (χ3n) is 2.71. The highest BCUT2D eigenvalue weighted by Gasteiger charge is 2.19. The van der Waals surface area contributed by atoms with Gasteiger partial charge in [0.2, 0.25) is 0 Å². The number of hydrogen-bond acceptors (Lipinski definition) is 2. The van der Waals surface area contributed by atoms with Gasteiger partial charge >= 0.3 is 0 Å². The van der Waals surface area contributed by atoms with E-state index >= 15 is 0 Å². The average molecular weight is 348 g/mol. The Labute approximate surface area is 122 Å². The summed E-state index contributed by atoms with van der Waals surface area (Å²) in [6.45, 7) is 0. The molecule has 0 fully saturated rings. The zero-order valence-electron chi connectivity index (χ0n) is 9.63. The molecule has 3 N–H and O–H groups in total. The van der Waals surface area contributed by atoms with Crippen LogP contribution in [0.4, 0.5) is 8.78 Å². The number of nitrogens with two attached hydrogens (primary N) is 1. The second-order valence-electron chi connectivity index (χ2n) is 3.93. The molecule has 0 aliphatic heterocycles. The quantitative estimate of drug-likeness (QED) is 0.652.